The highest BCUT2D eigenvalue weighted by Gasteiger charge is 2.26. The lowest BCUT2D eigenvalue weighted by molar-refractivity contribution is -0.161. The molecule has 398 valence electrons. The first-order chi connectivity index (χ1) is 32.8. The maximum atomic E-state index is 12.7. The second-order valence-electron chi connectivity index (χ2n) is 19.9. The number of hydrogen-bond acceptors (Lipinski definition) is 8. The summed E-state index contributed by atoms with van der Waals surface area (Å²) >= 11 is 0. The molecule has 0 aromatic rings. The Hall–Kier alpha value is -1.25. The fourth-order valence-corrected chi connectivity index (χ4v) is 9.58. The van der Waals surface area contributed by atoms with Gasteiger partial charge in [0.1, 0.15) is 6.61 Å². The van der Waals surface area contributed by atoms with E-state index in [2.05, 4.69) is 26.0 Å². The molecule has 67 heavy (non-hydrogen) atoms. The molecule has 0 fully saturated rings. The Morgan fingerprint density at radius 2 is 0.731 bits per heavy atom. The summed E-state index contributed by atoms with van der Waals surface area (Å²) in [6, 6.07) is 0. The molecule has 0 aliphatic carbocycles. The van der Waals surface area contributed by atoms with E-state index in [1.54, 1.807) is 0 Å². The van der Waals surface area contributed by atoms with Crippen molar-refractivity contribution in [3.63, 3.8) is 0 Å². The van der Waals surface area contributed by atoms with Crippen molar-refractivity contribution in [1.29, 1.82) is 0 Å². The van der Waals surface area contributed by atoms with Crippen molar-refractivity contribution < 1.29 is 37.6 Å². The SMILES string of the molecule is CCCCCCCCCC/C=C\CCCCCCCCCCCCCCCC(=O)OC(COC(=O)CCCCCCCCCCCCCCCCCCCCCCC)COP(=O)(O)OCCN. The summed E-state index contributed by atoms with van der Waals surface area (Å²) in [4.78, 5) is 35.2. The van der Waals surface area contributed by atoms with Gasteiger partial charge in [0.05, 0.1) is 13.2 Å². The number of carbonyl (C=O) groups is 2. The lowest BCUT2D eigenvalue weighted by Crippen LogP contribution is -2.29. The minimum atomic E-state index is -4.38. The smallest absolute Gasteiger partial charge is 0.462 e. The molecular formula is C57H112NO8P. The van der Waals surface area contributed by atoms with Crippen LogP contribution >= 0.6 is 7.82 Å². The lowest BCUT2D eigenvalue weighted by Gasteiger charge is -2.19. The predicted octanol–water partition coefficient (Wildman–Crippen LogP) is 18.1. The predicted molar refractivity (Wildman–Crippen MR) is 284 cm³/mol. The molecule has 0 aromatic heterocycles. The van der Waals surface area contributed by atoms with E-state index in [1.165, 1.54) is 244 Å². The number of hydrogen-bond donors (Lipinski definition) is 2. The van der Waals surface area contributed by atoms with E-state index < -0.39 is 26.5 Å². The highest BCUT2D eigenvalue weighted by Crippen LogP contribution is 2.43. The van der Waals surface area contributed by atoms with Crippen LogP contribution in [0.1, 0.15) is 309 Å². The molecule has 2 atom stereocenters. The van der Waals surface area contributed by atoms with Gasteiger partial charge in [-0.25, -0.2) is 4.57 Å². The summed E-state index contributed by atoms with van der Waals surface area (Å²) in [5, 5.41) is 0. The van der Waals surface area contributed by atoms with Gasteiger partial charge in [-0.05, 0) is 38.5 Å². The van der Waals surface area contributed by atoms with Crippen LogP contribution in [-0.2, 0) is 32.7 Å². The molecule has 0 aliphatic rings. The molecule has 0 rings (SSSR count). The van der Waals surface area contributed by atoms with Crippen LogP contribution in [0.4, 0.5) is 0 Å². The van der Waals surface area contributed by atoms with Crippen LogP contribution in [0, 0.1) is 0 Å². The lowest BCUT2D eigenvalue weighted by atomic mass is 10.0. The van der Waals surface area contributed by atoms with Gasteiger partial charge in [-0.2, -0.15) is 0 Å². The van der Waals surface area contributed by atoms with Crippen molar-refractivity contribution in [3.05, 3.63) is 12.2 Å². The van der Waals surface area contributed by atoms with Crippen molar-refractivity contribution >= 4 is 19.8 Å². The van der Waals surface area contributed by atoms with Crippen LogP contribution in [0.15, 0.2) is 12.2 Å². The maximum absolute atomic E-state index is 12.7. The first-order valence-electron chi connectivity index (χ1n) is 29.2. The van der Waals surface area contributed by atoms with Crippen LogP contribution in [0.2, 0.25) is 0 Å². The zero-order valence-electron chi connectivity index (χ0n) is 44.4. The molecule has 0 spiro atoms. The zero-order chi connectivity index (χ0) is 48.8. The van der Waals surface area contributed by atoms with Crippen molar-refractivity contribution in [2.24, 2.45) is 5.73 Å². The van der Waals surface area contributed by atoms with E-state index in [-0.39, 0.29) is 38.6 Å². The van der Waals surface area contributed by atoms with Crippen molar-refractivity contribution in [1.82, 2.24) is 0 Å². The average molecular weight is 970 g/mol. The van der Waals surface area contributed by atoms with Gasteiger partial charge in [-0.3, -0.25) is 18.6 Å². The van der Waals surface area contributed by atoms with Crippen LogP contribution in [0.5, 0.6) is 0 Å². The molecule has 0 bridgehead atoms. The standard InChI is InChI=1S/C57H112NO8P/c1-3-5-7-9-11-13-15-17-19-21-23-25-26-27-28-30-32-34-36-38-40-42-44-46-48-50-57(60)66-55(54-65-67(61,62)64-52-51-58)53-63-56(59)49-47-45-43-41-39-37-35-33-31-29-24-22-20-18-16-14-12-10-8-6-4-2/h21,23,55H,3-20,22,24-54,58H2,1-2H3,(H,61,62)/b23-21-. The summed E-state index contributed by atoms with van der Waals surface area (Å²) in [7, 11) is -4.38. The van der Waals surface area contributed by atoms with E-state index in [9.17, 15) is 19.0 Å². The Morgan fingerprint density at radius 1 is 0.433 bits per heavy atom. The second kappa shape index (κ2) is 54.1. The number of unbranched alkanes of at least 4 members (excludes halogenated alkanes) is 41. The molecule has 0 radical (unpaired) electrons. The van der Waals surface area contributed by atoms with E-state index in [1.807, 2.05) is 0 Å². The maximum Gasteiger partial charge on any atom is 0.472 e. The molecule has 0 aliphatic heterocycles. The molecule has 10 heteroatoms. The third kappa shape index (κ3) is 53.9. The monoisotopic (exact) mass is 970 g/mol. The van der Waals surface area contributed by atoms with E-state index >= 15 is 0 Å². The molecule has 2 unspecified atom stereocenters. The summed E-state index contributed by atoms with van der Waals surface area (Å²) in [6.45, 7) is 3.81. The number of esters is 2. The highest BCUT2D eigenvalue weighted by molar-refractivity contribution is 7.47. The minimum Gasteiger partial charge on any atom is -0.462 e. The summed E-state index contributed by atoms with van der Waals surface area (Å²) < 4.78 is 33.1. The third-order valence-electron chi connectivity index (χ3n) is 13.2. The minimum absolute atomic E-state index is 0.0571. The number of carbonyl (C=O) groups excluding carboxylic acids is 2. The molecule has 0 saturated carbocycles. The van der Waals surface area contributed by atoms with Gasteiger partial charge < -0.3 is 20.1 Å². The van der Waals surface area contributed by atoms with E-state index in [0.717, 1.165) is 32.1 Å². The number of phosphoric ester groups is 1. The number of rotatable bonds is 56. The van der Waals surface area contributed by atoms with E-state index in [4.69, 9.17) is 24.3 Å². The molecule has 0 amide bonds. The Balaban J connectivity index is 3.92. The molecule has 0 heterocycles. The number of nitrogens with two attached hydrogens (primary N) is 1. The van der Waals surface area contributed by atoms with Gasteiger partial charge in [0, 0.05) is 19.4 Å². The van der Waals surface area contributed by atoms with Crippen molar-refractivity contribution in [3.8, 4) is 0 Å². The zero-order valence-corrected chi connectivity index (χ0v) is 45.3. The molecule has 3 N–H and O–H groups in total. The summed E-state index contributed by atoms with van der Waals surface area (Å²) in [5.41, 5.74) is 5.38. The van der Waals surface area contributed by atoms with Gasteiger partial charge in [-0.15, -0.1) is 0 Å². The van der Waals surface area contributed by atoms with Gasteiger partial charge >= 0.3 is 19.8 Å². The largest absolute Gasteiger partial charge is 0.472 e. The Labute approximate surface area is 415 Å². The Bertz CT molecular complexity index is 1110. The Kier molecular flexibility index (Phi) is 53.1. The molecule has 0 saturated heterocycles. The molecular weight excluding hydrogens is 858 g/mol. The van der Waals surface area contributed by atoms with E-state index in [0.29, 0.717) is 6.42 Å². The number of ether oxygens (including phenoxy) is 2. The quantitative estimate of drug-likeness (QED) is 0.0264. The Morgan fingerprint density at radius 3 is 1.06 bits per heavy atom. The molecule has 9 nitrogen and oxygen atoms in total. The fourth-order valence-electron chi connectivity index (χ4n) is 8.81. The normalized spacial score (nSPS) is 13.1. The summed E-state index contributed by atoms with van der Waals surface area (Å²) in [6.07, 6.45) is 61.2. The highest BCUT2D eigenvalue weighted by atomic mass is 31.2. The third-order valence-corrected chi connectivity index (χ3v) is 14.1. The first-order valence-corrected chi connectivity index (χ1v) is 30.7. The van der Waals surface area contributed by atoms with Crippen LogP contribution in [0.3, 0.4) is 0 Å². The van der Waals surface area contributed by atoms with Crippen molar-refractivity contribution in [2.45, 2.75) is 315 Å². The van der Waals surface area contributed by atoms with Gasteiger partial charge in [0.2, 0.25) is 0 Å². The number of allylic oxidation sites excluding steroid dienone is 2. The first kappa shape index (κ1) is 65.8. The molecule has 0 aromatic carbocycles. The van der Waals surface area contributed by atoms with Crippen LogP contribution in [-0.4, -0.2) is 49.3 Å². The van der Waals surface area contributed by atoms with Crippen LogP contribution in [0.25, 0.3) is 0 Å². The van der Waals surface area contributed by atoms with Gasteiger partial charge in [-0.1, -0.05) is 270 Å². The van der Waals surface area contributed by atoms with Crippen molar-refractivity contribution in [2.75, 3.05) is 26.4 Å². The summed E-state index contributed by atoms with van der Waals surface area (Å²) in [5.74, 6) is -0.807. The number of phosphoric acid groups is 1. The second-order valence-corrected chi connectivity index (χ2v) is 21.3. The van der Waals surface area contributed by atoms with Gasteiger partial charge in [0.15, 0.2) is 6.10 Å². The average Bonchev–Trinajstić information content (AvgIpc) is 3.32. The van der Waals surface area contributed by atoms with Gasteiger partial charge in [0.25, 0.3) is 0 Å². The topological polar surface area (TPSA) is 134 Å². The van der Waals surface area contributed by atoms with Crippen LogP contribution < -0.4 is 5.73 Å². The fraction of sp³-hybridized carbons (Fsp3) is 0.930.